The van der Waals surface area contributed by atoms with Gasteiger partial charge in [-0.1, -0.05) is 30.8 Å². The fourth-order valence-corrected chi connectivity index (χ4v) is 2.76. The molecule has 138 valence electrons. The number of carbonyl (C=O) groups excluding carboxylic acids is 1. The van der Waals surface area contributed by atoms with E-state index in [-0.39, 0.29) is 6.10 Å². The molecule has 4 nitrogen and oxygen atoms in total. The van der Waals surface area contributed by atoms with Crippen LogP contribution in [-0.2, 0) is 16.0 Å². The van der Waals surface area contributed by atoms with Gasteiger partial charge in [-0.05, 0) is 61.6 Å². The van der Waals surface area contributed by atoms with Crippen molar-refractivity contribution in [1.82, 2.24) is 0 Å². The van der Waals surface area contributed by atoms with Gasteiger partial charge in [-0.15, -0.1) is 0 Å². The summed E-state index contributed by atoms with van der Waals surface area (Å²) >= 11 is 0. The van der Waals surface area contributed by atoms with Gasteiger partial charge in [0, 0.05) is 6.08 Å². The van der Waals surface area contributed by atoms with Crippen molar-refractivity contribution < 1.29 is 19.0 Å². The summed E-state index contributed by atoms with van der Waals surface area (Å²) in [7, 11) is 1.68. The van der Waals surface area contributed by atoms with Crippen LogP contribution in [-0.4, -0.2) is 25.8 Å². The van der Waals surface area contributed by atoms with Gasteiger partial charge >= 0.3 is 5.97 Å². The second-order valence-electron chi connectivity index (χ2n) is 6.34. The molecule has 0 radical (unpaired) electrons. The van der Waals surface area contributed by atoms with Crippen LogP contribution in [0.2, 0.25) is 0 Å². The summed E-state index contributed by atoms with van der Waals surface area (Å²) in [6.45, 7) is 9.53. The minimum atomic E-state index is -0.442. The van der Waals surface area contributed by atoms with Crippen molar-refractivity contribution in [2.24, 2.45) is 0 Å². The van der Waals surface area contributed by atoms with Crippen LogP contribution >= 0.6 is 0 Å². The number of benzene rings is 2. The number of rotatable bonds is 8. The van der Waals surface area contributed by atoms with E-state index in [1.807, 2.05) is 26.0 Å². The van der Waals surface area contributed by atoms with Crippen molar-refractivity contribution in [3.05, 3.63) is 71.3 Å². The summed E-state index contributed by atoms with van der Waals surface area (Å²) in [6, 6.07) is 12.4. The molecular formula is C22H26O4. The third-order valence-electron chi connectivity index (χ3n) is 4.06. The molecule has 2 rings (SSSR count). The molecule has 0 aliphatic carbocycles. The molecule has 1 unspecified atom stereocenters. The number of aryl methyl sites for hydroxylation is 2. The monoisotopic (exact) mass is 354 g/mol. The van der Waals surface area contributed by atoms with Crippen LogP contribution in [0.3, 0.4) is 0 Å². The van der Waals surface area contributed by atoms with Crippen molar-refractivity contribution in [2.45, 2.75) is 33.3 Å². The number of methoxy groups -OCH3 is 1. The molecule has 0 fully saturated rings. The Morgan fingerprint density at radius 1 is 1.08 bits per heavy atom. The van der Waals surface area contributed by atoms with E-state index < -0.39 is 5.97 Å². The Morgan fingerprint density at radius 2 is 1.65 bits per heavy atom. The van der Waals surface area contributed by atoms with Crippen LogP contribution in [0, 0.1) is 13.8 Å². The molecule has 4 heteroatoms. The molecule has 0 aliphatic heterocycles. The van der Waals surface area contributed by atoms with Gasteiger partial charge in [0.1, 0.15) is 24.2 Å². The van der Waals surface area contributed by atoms with Gasteiger partial charge in [0.15, 0.2) is 0 Å². The van der Waals surface area contributed by atoms with Gasteiger partial charge in [0.25, 0.3) is 0 Å². The lowest BCUT2D eigenvalue weighted by atomic mass is 10.0. The van der Waals surface area contributed by atoms with Gasteiger partial charge in [0.2, 0.25) is 0 Å². The standard InChI is InChI=1S/C22H26O4/c1-6-22(23)26-17(4)14-25-21-10-8-19(12-16(21)3)13-18-7-9-20(24-5)15(2)11-18/h6-12,17H,1,13-14H2,2-5H3. The molecular weight excluding hydrogens is 328 g/mol. The molecule has 26 heavy (non-hydrogen) atoms. The van der Waals surface area contributed by atoms with E-state index in [0.29, 0.717) is 6.61 Å². The number of esters is 1. The van der Waals surface area contributed by atoms with Gasteiger partial charge < -0.3 is 14.2 Å². The maximum atomic E-state index is 11.2. The Kier molecular flexibility index (Phi) is 6.84. The van der Waals surface area contributed by atoms with Crippen LogP contribution < -0.4 is 9.47 Å². The molecule has 0 amide bonds. The van der Waals surface area contributed by atoms with E-state index in [0.717, 1.165) is 35.1 Å². The van der Waals surface area contributed by atoms with Gasteiger partial charge in [-0.25, -0.2) is 4.79 Å². The SMILES string of the molecule is C=CC(=O)OC(C)COc1ccc(Cc2ccc(OC)c(C)c2)cc1C. The fourth-order valence-electron chi connectivity index (χ4n) is 2.76. The highest BCUT2D eigenvalue weighted by Gasteiger charge is 2.09. The lowest BCUT2D eigenvalue weighted by molar-refractivity contribution is -0.143. The first-order valence-corrected chi connectivity index (χ1v) is 8.61. The zero-order chi connectivity index (χ0) is 19.1. The summed E-state index contributed by atoms with van der Waals surface area (Å²) < 4.78 is 16.2. The van der Waals surface area contributed by atoms with Crippen molar-refractivity contribution in [2.75, 3.05) is 13.7 Å². The van der Waals surface area contributed by atoms with Crippen LogP contribution in [0.25, 0.3) is 0 Å². The molecule has 0 saturated heterocycles. The minimum Gasteiger partial charge on any atom is -0.496 e. The van der Waals surface area contributed by atoms with Crippen molar-refractivity contribution >= 4 is 5.97 Å². The Morgan fingerprint density at radius 3 is 2.15 bits per heavy atom. The number of hydrogen-bond acceptors (Lipinski definition) is 4. The zero-order valence-electron chi connectivity index (χ0n) is 15.9. The van der Waals surface area contributed by atoms with Gasteiger partial charge in [0.05, 0.1) is 7.11 Å². The molecule has 2 aromatic rings. The summed E-state index contributed by atoms with van der Waals surface area (Å²) in [4.78, 5) is 11.2. The summed E-state index contributed by atoms with van der Waals surface area (Å²) in [5.74, 6) is 1.25. The molecule has 2 aromatic carbocycles. The van der Waals surface area contributed by atoms with Crippen molar-refractivity contribution in [3.8, 4) is 11.5 Å². The topological polar surface area (TPSA) is 44.8 Å². The summed E-state index contributed by atoms with van der Waals surface area (Å²) in [5.41, 5.74) is 4.63. The van der Waals surface area contributed by atoms with E-state index >= 15 is 0 Å². The maximum absolute atomic E-state index is 11.2. The quantitative estimate of drug-likeness (QED) is 0.521. The van der Waals surface area contributed by atoms with Crippen LogP contribution in [0.4, 0.5) is 0 Å². The molecule has 0 spiro atoms. The molecule has 0 heterocycles. The first kappa shape index (κ1) is 19.6. The van der Waals surface area contributed by atoms with Crippen molar-refractivity contribution in [3.63, 3.8) is 0 Å². The highest BCUT2D eigenvalue weighted by Crippen LogP contribution is 2.24. The second kappa shape index (κ2) is 9.09. The average Bonchev–Trinajstić information content (AvgIpc) is 2.61. The molecule has 0 saturated carbocycles. The lowest BCUT2D eigenvalue weighted by Gasteiger charge is -2.15. The molecule has 1 atom stereocenters. The Bertz CT molecular complexity index is 780. The molecule has 0 N–H and O–H groups in total. The largest absolute Gasteiger partial charge is 0.496 e. The van der Waals surface area contributed by atoms with E-state index in [9.17, 15) is 4.79 Å². The molecule has 0 aliphatic rings. The van der Waals surface area contributed by atoms with Crippen LogP contribution in [0.1, 0.15) is 29.2 Å². The van der Waals surface area contributed by atoms with E-state index in [4.69, 9.17) is 14.2 Å². The number of ether oxygens (including phenoxy) is 3. The minimum absolute atomic E-state index is 0.303. The van der Waals surface area contributed by atoms with Crippen LogP contribution in [0.15, 0.2) is 49.1 Å². The third-order valence-corrected chi connectivity index (χ3v) is 4.06. The highest BCUT2D eigenvalue weighted by molar-refractivity contribution is 5.81. The predicted octanol–water partition coefficient (Wildman–Crippen LogP) is 4.40. The van der Waals surface area contributed by atoms with Crippen LogP contribution in [0.5, 0.6) is 11.5 Å². The summed E-state index contributed by atoms with van der Waals surface area (Å²) in [6.07, 6.45) is 1.67. The first-order valence-electron chi connectivity index (χ1n) is 8.61. The van der Waals surface area contributed by atoms with E-state index in [1.54, 1.807) is 14.0 Å². The van der Waals surface area contributed by atoms with E-state index in [1.165, 1.54) is 11.1 Å². The van der Waals surface area contributed by atoms with Crippen molar-refractivity contribution in [1.29, 1.82) is 0 Å². The number of carbonyl (C=O) groups is 1. The fraction of sp³-hybridized carbons (Fsp3) is 0.318. The normalized spacial score (nSPS) is 11.5. The predicted molar refractivity (Wildman–Crippen MR) is 103 cm³/mol. The van der Waals surface area contributed by atoms with Gasteiger partial charge in [-0.2, -0.15) is 0 Å². The molecule has 0 bridgehead atoms. The Balaban J connectivity index is 1.99. The highest BCUT2D eigenvalue weighted by atomic mass is 16.6. The van der Waals surface area contributed by atoms with E-state index in [2.05, 4.69) is 30.8 Å². The van der Waals surface area contributed by atoms with Gasteiger partial charge in [-0.3, -0.25) is 0 Å². The molecule has 0 aromatic heterocycles. The third kappa shape index (κ3) is 5.38. The summed E-state index contributed by atoms with van der Waals surface area (Å²) in [5, 5.41) is 0. The lowest BCUT2D eigenvalue weighted by Crippen LogP contribution is -2.21. The second-order valence-corrected chi connectivity index (χ2v) is 6.34. The Hall–Kier alpha value is -2.75. The first-order chi connectivity index (χ1) is 12.4. The smallest absolute Gasteiger partial charge is 0.330 e. The average molecular weight is 354 g/mol. The number of hydrogen-bond donors (Lipinski definition) is 0. The zero-order valence-corrected chi connectivity index (χ0v) is 15.9. The maximum Gasteiger partial charge on any atom is 0.330 e. The Labute approximate surface area is 155 Å².